The van der Waals surface area contributed by atoms with Gasteiger partial charge in [0.15, 0.2) is 6.61 Å². The lowest BCUT2D eigenvalue weighted by molar-refractivity contribution is -0.143. The van der Waals surface area contributed by atoms with Crippen LogP contribution in [0.15, 0.2) is 78.9 Å². The Hall–Kier alpha value is -3.31. The highest BCUT2D eigenvalue weighted by atomic mass is 35.5. The number of aryl methyl sites for hydroxylation is 1. The minimum absolute atomic E-state index is 0.0541. The number of halogens is 1. The fourth-order valence-electron chi connectivity index (χ4n) is 3.77. The molecule has 0 unspecified atom stereocenters. The Morgan fingerprint density at radius 3 is 2.11 bits per heavy atom. The fraction of sp³-hybridized carbons (Fsp3) is 0.310. The van der Waals surface area contributed by atoms with Crippen LogP contribution in [0.4, 0.5) is 0 Å². The molecule has 0 aromatic heterocycles. The molecule has 3 aromatic carbocycles. The van der Waals surface area contributed by atoms with E-state index in [9.17, 15) is 9.59 Å². The zero-order valence-electron chi connectivity index (χ0n) is 20.5. The summed E-state index contributed by atoms with van der Waals surface area (Å²) in [6.07, 6.45) is 1.32. The first-order valence-electron chi connectivity index (χ1n) is 12.0. The Morgan fingerprint density at radius 1 is 0.886 bits per heavy atom. The lowest BCUT2D eigenvalue weighted by atomic mass is 10.0. The molecule has 0 saturated heterocycles. The van der Waals surface area contributed by atoms with Gasteiger partial charge in [0, 0.05) is 24.0 Å². The molecule has 3 aromatic rings. The van der Waals surface area contributed by atoms with Gasteiger partial charge < -0.3 is 15.0 Å². The number of rotatable bonds is 11. The molecule has 1 atom stereocenters. The molecule has 0 saturated carbocycles. The Balaban J connectivity index is 1.87. The van der Waals surface area contributed by atoms with E-state index in [1.54, 1.807) is 17.0 Å². The van der Waals surface area contributed by atoms with Gasteiger partial charge >= 0.3 is 0 Å². The largest absolute Gasteiger partial charge is 0.484 e. The first kappa shape index (κ1) is 26.3. The van der Waals surface area contributed by atoms with Crippen LogP contribution in [0.5, 0.6) is 5.75 Å². The van der Waals surface area contributed by atoms with E-state index >= 15 is 0 Å². The molecule has 0 aliphatic carbocycles. The molecule has 1 N–H and O–H groups in total. The summed E-state index contributed by atoms with van der Waals surface area (Å²) < 4.78 is 5.82. The van der Waals surface area contributed by atoms with E-state index in [-0.39, 0.29) is 31.0 Å². The SMILES string of the molecule is CCc1ccc(OCC(=O)N(Cc2ccc(Cl)cc2)[C@@H](Cc2ccccc2)C(=O)NC(C)C)cc1. The van der Waals surface area contributed by atoms with Crippen molar-refractivity contribution in [3.05, 3.63) is 101 Å². The number of hydrogen-bond acceptors (Lipinski definition) is 3. The van der Waals surface area contributed by atoms with Crippen LogP contribution in [-0.4, -0.2) is 35.4 Å². The monoisotopic (exact) mass is 492 g/mol. The van der Waals surface area contributed by atoms with E-state index in [2.05, 4.69) is 12.2 Å². The van der Waals surface area contributed by atoms with Crippen molar-refractivity contribution in [3.8, 4) is 5.75 Å². The second-order valence-electron chi connectivity index (χ2n) is 8.80. The molecule has 0 aliphatic rings. The van der Waals surface area contributed by atoms with Gasteiger partial charge in [-0.2, -0.15) is 0 Å². The number of nitrogens with one attached hydrogen (secondary N) is 1. The summed E-state index contributed by atoms with van der Waals surface area (Å²) in [7, 11) is 0. The van der Waals surface area contributed by atoms with Gasteiger partial charge in [-0.3, -0.25) is 9.59 Å². The van der Waals surface area contributed by atoms with Gasteiger partial charge in [0.2, 0.25) is 5.91 Å². The van der Waals surface area contributed by atoms with Gasteiger partial charge in [0.1, 0.15) is 11.8 Å². The lowest BCUT2D eigenvalue weighted by Gasteiger charge is -2.32. The molecule has 3 rings (SSSR count). The molecular formula is C29H33ClN2O3. The Kier molecular flexibility index (Phi) is 9.74. The van der Waals surface area contributed by atoms with Crippen molar-refractivity contribution < 1.29 is 14.3 Å². The number of nitrogens with zero attached hydrogens (tertiary/aromatic N) is 1. The molecule has 184 valence electrons. The van der Waals surface area contributed by atoms with Crippen molar-refractivity contribution in [3.63, 3.8) is 0 Å². The molecule has 6 heteroatoms. The summed E-state index contributed by atoms with van der Waals surface area (Å²) in [6, 6.07) is 24.0. The number of benzene rings is 3. The van der Waals surface area contributed by atoms with Gasteiger partial charge in [0.25, 0.3) is 5.91 Å². The summed E-state index contributed by atoms with van der Waals surface area (Å²) in [5.41, 5.74) is 3.05. The van der Waals surface area contributed by atoms with Gasteiger partial charge in [0.05, 0.1) is 0 Å². The van der Waals surface area contributed by atoms with Crippen molar-refractivity contribution >= 4 is 23.4 Å². The van der Waals surface area contributed by atoms with Gasteiger partial charge in [-0.25, -0.2) is 0 Å². The highest BCUT2D eigenvalue weighted by Crippen LogP contribution is 2.18. The smallest absolute Gasteiger partial charge is 0.261 e. The second-order valence-corrected chi connectivity index (χ2v) is 9.24. The number of carbonyl (C=O) groups excluding carboxylic acids is 2. The molecule has 0 spiro atoms. The average molecular weight is 493 g/mol. The Labute approximate surface area is 213 Å². The van der Waals surface area contributed by atoms with Crippen LogP contribution in [0, 0.1) is 0 Å². The predicted octanol–water partition coefficient (Wildman–Crippen LogP) is 5.45. The number of ether oxygens (including phenoxy) is 1. The zero-order valence-corrected chi connectivity index (χ0v) is 21.3. The van der Waals surface area contributed by atoms with Crippen LogP contribution in [0.1, 0.15) is 37.5 Å². The average Bonchev–Trinajstić information content (AvgIpc) is 2.86. The van der Waals surface area contributed by atoms with E-state index in [4.69, 9.17) is 16.3 Å². The summed E-state index contributed by atoms with van der Waals surface area (Å²) in [6.45, 7) is 6.00. The molecule has 0 bridgehead atoms. The summed E-state index contributed by atoms with van der Waals surface area (Å²) in [5.74, 6) is 0.158. The quantitative estimate of drug-likeness (QED) is 0.387. The molecular weight excluding hydrogens is 460 g/mol. The first-order chi connectivity index (χ1) is 16.9. The maximum absolute atomic E-state index is 13.5. The third-order valence-electron chi connectivity index (χ3n) is 5.66. The van der Waals surface area contributed by atoms with Crippen molar-refractivity contribution in [1.82, 2.24) is 10.2 Å². The maximum atomic E-state index is 13.5. The van der Waals surface area contributed by atoms with Crippen molar-refractivity contribution in [1.29, 1.82) is 0 Å². The summed E-state index contributed by atoms with van der Waals surface area (Å²) in [5, 5.41) is 3.60. The summed E-state index contributed by atoms with van der Waals surface area (Å²) in [4.78, 5) is 28.5. The van der Waals surface area contributed by atoms with E-state index in [1.165, 1.54) is 5.56 Å². The van der Waals surface area contributed by atoms with Gasteiger partial charge in [-0.15, -0.1) is 0 Å². The van der Waals surface area contributed by atoms with E-state index in [1.807, 2.05) is 80.6 Å². The van der Waals surface area contributed by atoms with Crippen LogP contribution in [0.25, 0.3) is 0 Å². The highest BCUT2D eigenvalue weighted by Gasteiger charge is 2.31. The fourth-order valence-corrected chi connectivity index (χ4v) is 3.90. The van der Waals surface area contributed by atoms with Crippen LogP contribution in [0.3, 0.4) is 0 Å². The van der Waals surface area contributed by atoms with Crippen LogP contribution >= 0.6 is 11.6 Å². The Bertz CT molecular complexity index is 1080. The maximum Gasteiger partial charge on any atom is 0.261 e. The van der Waals surface area contributed by atoms with Crippen molar-refractivity contribution in [2.45, 2.75) is 52.2 Å². The predicted molar refractivity (Wildman–Crippen MR) is 141 cm³/mol. The van der Waals surface area contributed by atoms with Crippen LogP contribution < -0.4 is 10.1 Å². The standard InChI is InChI=1S/C29H33ClN2O3/c1-4-22-12-16-26(17-13-22)35-20-28(33)32(19-24-10-14-25(30)15-11-24)27(29(34)31-21(2)3)18-23-8-6-5-7-9-23/h5-17,21,27H,4,18-20H2,1-3H3,(H,31,34)/t27-/m0/s1. The molecule has 0 heterocycles. The molecule has 35 heavy (non-hydrogen) atoms. The van der Waals surface area contributed by atoms with Gasteiger partial charge in [-0.05, 0) is 61.2 Å². The zero-order chi connectivity index (χ0) is 25.2. The van der Waals surface area contributed by atoms with Crippen LogP contribution in [0.2, 0.25) is 5.02 Å². The number of amides is 2. The first-order valence-corrected chi connectivity index (χ1v) is 12.3. The van der Waals surface area contributed by atoms with E-state index in [0.29, 0.717) is 17.2 Å². The second kappa shape index (κ2) is 13.0. The molecule has 0 aliphatic heterocycles. The number of carbonyl (C=O) groups is 2. The molecule has 5 nitrogen and oxygen atoms in total. The minimum Gasteiger partial charge on any atom is -0.484 e. The van der Waals surface area contributed by atoms with E-state index in [0.717, 1.165) is 17.5 Å². The molecule has 0 fully saturated rings. The summed E-state index contributed by atoms with van der Waals surface area (Å²) >= 11 is 6.06. The van der Waals surface area contributed by atoms with Crippen molar-refractivity contribution in [2.75, 3.05) is 6.61 Å². The molecule has 2 amide bonds. The normalized spacial score (nSPS) is 11.7. The third kappa shape index (κ3) is 8.15. The minimum atomic E-state index is -0.700. The van der Waals surface area contributed by atoms with Crippen molar-refractivity contribution in [2.24, 2.45) is 0 Å². The lowest BCUT2D eigenvalue weighted by Crippen LogP contribution is -2.52. The van der Waals surface area contributed by atoms with E-state index < -0.39 is 6.04 Å². The topological polar surface area (TPSA) is 58.6 Å². The van der Waals surface area contributed by atoms with Gasteiger partial charge in [-0.1, -0.05) is 73.1 Å². The third-order valence-corrected chi connectivity index (χ3v) is 5.91. The Morgan fingerprint density at radius 2 is 1.51 bits per heavy atom. The van der Waals surface area contributed by atoms with Crippen LogP contribution in [-0.2, 0) is 29.0 Å². The molecule has 0 radical (unpaired) electrons. The highest BCUT2D eigenvalue weighted by molar-refractivity contribution is 6.30. The number of hydrogen-bond donors (Lipinski definition) is 1.